The van der Waals surface area contributed by atoms with Gasteiger partial charge in [0.2, 0.25) is 0 Å². The van der Waals surface area contributed by atoms with E-state index in [0.29, 0.717) is 27.6 Å². The smallest absolute Gasteiger partial charge is 0.420 e. The molecule has 140 valence electrons. The van der Waals surface area contributed by atoms with Crippen molar-refractivity contribution in [3.05, 3.63) is 58.0 Å². The molecule has 1 aromatic heterocycles. The van der Waals surface area contributed by atoms with Gasteiger partial charge in [-0.05, 0) is 30.3 Å². The fourth-order valence-corrected chi connectivity index (χ4v) is 2.62. The first-order valence-electron chi connectivity index (χ1n) is 7.85. The lowest BCUT2D eigenvalue weighted by molar-refractivity contribution is -0.147. The molecule has 1 amide bonds. The van der Waals surface area contributed by atoms with Crippen molar-refractivity contribution in [3.8, 4) is 5.75 Å². The summed E-state index contributed by atoms with van der Waals surface area (Å²) in [6.45, 7) is -0.900. The Morgan fingerprint density at radius 2 is 2.00 bits per heavy atom. The average molecular weight is 391 g/mol. The summed E-state index contributed by atoms with van der Waals surface area (Å²) < 4.78 is 16.2. The molecule has 0 aliphatic carbocycles. The van der Waals surface area contributed by atoms with Crippen molar-refractivity contribution in [3.63, 3.8) is 0 Å². The summed E-state index contributed by atoms with van der Waals surface area (Å²) in [7, 11) is 1.45. The first-order valence-corrected chi connectivity index (χ1v) is 8.23. The molecule has 8 nitrogen and oxygen atoms in total. The van der Waals surface area contributed by atoms with E-state index in [-0.39, 0.29) is 6.54 Å². The Kier molecular flexibility index (Phi) is 5.46. The maximum Gasteiger partial charge on any atom is 0.420 e. The number of hydrogen-bond acceptors (Lipinski definition) is 6. The van der Waals surface area contributed by atoms with E-state index in [2.05, 4.69) is 5.32 Å². The van der Waals surface area contributed by atoms with Crippen LogP contribution in [0.5, 0.6) is 5.75 Å². The molecule has 3 rings (SSSR count). The summed E-state index contributed by atoms with van der Waals surface area (Å²) >= 11 is 5.89. The molecule has 0 spiro atoms. The molecular weight excluding hydrogens is 376 g/mol. The zero-order valence-corrected chi connectivity index (χ0v) is 15.0. The van der Waals surface area contributed by atoms with E-state index in [0.717, 1.165) is 4.57 Å². The molecule has 0 atom stereocenters. The number of methoxy groups -OCH3 is 1. The number of oxazole rings is 1. The Hall–Kier alpha value is -3.26. The Balaban J connectivity index is 1.61. The van der Waals surface area contributed by atoms with E-state index >= 15 is 0 Å². The molecule has 27 heavy (non-hydrogen) atoms. The maximum absolute atomic E-state index is 12.0. The number of ether oxygens (including phenoxy) is 2. The minimum Gasteiger partial charge on any atom is -0.495 e. The van der Waals surface area contributed by atoms with E-state index in [1.165, 1.54) is 13.2 Å². The third-order valence-electron chi connectivity index (χ3n) is 3.66. The van der Waals surface area contributed by atoms with Gasteiger partial charge in [-0.25, -0.2) is 4.79 Å². The molecular formula is C18H15ClN2O6. The molecule has 2 aromatic carbocycles. The number of nitrogens with one attached hydrogen (secondary N) is 1. The average Bonchev–Trinajstić information content (AvgIpc) is 2.96. The van der Waals surface area contributed by atoms with Gasteiger partial charge >= 0.3 is 11.7 Å². The number of aromatic nitrogens is 1. The zero-order chi connectivity index (χ0) is 19.4. The summed E-state index contributed by atoms with van der Waals surface area (Å²) in [5, 5.41) is 2.96. The summed E-state index contributed by atoms with van der Waals surface area (Å²) in [4.78, 5) is 35.8. The molecule has 0 unspecified atom stereocenters. The number of benzene rings is 2. The fraction of sp³-hybridized carbons (Fsp3) is 0.167. The molecule has 3 aromatic rings. The standard InChI is InChI=1S/C18H15ClN2O6/c1-25-14-7-6-11(19)8-12(14)20-16(22)10-26-17(23)9-21-13-4-2-3-5-15(13)27-18(21)24/h2-8H,9-10H2,1H3,(H,20,22). The molecule has 0 aliphatic rings. The molecule has 0 aliphatic heterocycles. The zero-order valence-electron chi connectivity index (χ0n) is 14.2. The number of hydrogen-bond donors (Lipinski definition) is 1. The number of para-hydroxylation sites is 2. The minimum atomic E-state index is -0.753. The van der Waals surface area contributed by atoms with E-state index in [1.54, 1.807) is 36.4 Å². The molecule has 0 bridgehead atoms. The maximum atomic E-state index is 12.0. The Bertz CT molecular complexity index is 1060. The van der Waals surface area contributed by atoms with Crippen LogP contribution in [0, 0.1) is 0 Å². The van der Waals surface area contributed by atoms with Gasteiger partial charge in [0.25, 0.3) is 5.91 Å². The third-order valence-corrected chi connectivity index (χ3v) is 3.90. The normalized spacial score (nSPS) is 10.6. The van der Waals surface area contributed by atoms with E-state index in [9.17, 15) is 14.4 Å². The van der Waals surface area contributed by atoms with Crippen LogP contribution in [0.1, 0.15) is 0 Å². The number of nitrogens with zero attached hydrogens (tertiary/aromatic N) is 1. The van der Waals surface area contributed by atoms with Crippen LogP contribution in [0.2, 0.25) is 5.02 Å². The number of halogens is 1. The van der Waals surface area contributed by atoms with Crippen molar-refractivity contribution in [2.24, 2.45) is 0 Å². The van der Waals surface area contributed by atoms with Crippen LogP contribution in [-0.2, 0) is 20.9 Å². The van der Waals surface area contributed by atoms with E-state index < -0.39 is 24.2 Å². The lowest BCUT2D eigenvalue weighted by Crippen LogP contribution is -2.26. The largest absolute Gasteiger partial charge is 0.495 e. The molecule has 1 heterocycles. The highest BCUT2D eigenvalue weighted by atomic mass is 35.5. The minimum absolute atomic E-state index is 0.350. The number of esters is 1. The van der Waals surface area contributed by atoms with Crippen LogP contribution in [0.4, 0.5) is 5.69 Å². The lowest BCUT2D eigenvalue weighted by Gasteiger charge is -2.11. The molecule has 0 saturated heterocycles. The van der Waals surface area contributed by atoms with Gasteiger partial charge in [0.1, 0.15) is 12.3 Å². The van der Waals surface area contributed by atoms with Crippen LogP contribution in [0.15, 0.2) is 51.7 Å². The highest BCUT2D eigenvalue weighted by molar-refractivity contribution is 6.31. The fourth-order valence-electron chi connectivity index (χ4n) is 2.45. The topological polar surface area (TPSA) is 99.8 Å². The van der Waals surface area contributed by atoms with E-state index in [1.807, 2.05) is 0 Å². The SMILES string of the molecule is COc1ccc(Cl)cc1NC(=O)COC(=O)Cn1c(=O)oc2ccccc21. The third kappa shape index (κ3) is 4.29. The molecule has 9 heteroatoms. The van der Waals surface area contributed by atoms with Gasteiger partial charge in [-0.3, -0.25) is 14.2 Å². The Morgan fingerprint density at radius 3 is 2.78 bits per heavy atom. The number of anilines is 1. The van der Waals surface area contributed by atoms with Gasteiger partial charge in [-0.15, -0.1) is 0 Å². The van der Waals surface area contributed by atoms with Crippen LogP contribution in [-0.4, -0.2) is 30.2 Å². The molecule has 1 N–H and O–H groups in total. The number of rotatable bonds is 6. The number of carbonyl (C=O) groups is 2. The van der Waals surface area contributed by atoms with Crippen molar-refractivity contribution in [1.29, 1.82) is 0 Å². The van der Waals surface area contributed by atoms with Gasteiger partial charge in [-0.2, -0.15) is 0 Å². The van der Waals surface area contributed by atoms with Crippen molar-refractivity contribution in [1.82, 2.24) is 4.57 Å². The first-order chi connectivity index (χ1) is 13.0. The van der Waals surface area contributed by atoms with Gasteiger partial charge in [0.15, 0.2) is 12.2 Å². The van der Waals surface area contributed by atoms with Crippen LogP contribution >= 0.6 is 11.6 Å². The van der Waals surface area contributed by atoms with Crippen LogP contribution < -0.4 is 15.8 Å². The van der Waals surface area contributed by atoms with E-state index in [4.69, 9.17) is 25.5 Å². The summed E-state index contributed by atoms with van der Waals surface area (Å²) in [6.07, 6.45) is 0. The second kappa shape index (κ2) is 7.96. The molecule has 0 radical (unpaired) electrons. The molecule has 0 saturated carbocycles. The van der Waals surface area contributed by atoms with Gasteiger partial charge < -0.3 is 19.2 Å². The van der Waals surface area contributed by atoms with Crippen molar-refractivity contribution >= 4 is 40.3 Å². The van der Waals surface area contributed by atoms with Crippen LogP contribution in [0.3, 0.4) is 0 Å². The van der Waals surface area contributed by atoms with Crippen molar-refractivity contribution < 1.29 is 23.5 Å². The van der Waals surface area contributed by atoms with Crippen molar-refractivity contribution in [2.45, 2.75) is 6.54 Å². The predicted octanol–water partition coefficient (Wildman–Crippen LogP) is 2.44. The second-order valence-corrected chi connectivity index (χ2v) is 5.91. The first kappa shape index (κ1) is 18.5. The predicted molar refractivity (Wildman–Crippen MR) is 98.1 cm³/mol. The summed E-state index contributed by atoms with van der Waals surface area (Å²) in [5.41, 5.74) is 1.18. The summed E-state index contributed by atoms with van der Waals surface area (Å²) in [6, 6.07) is 11.4. The highest BCUT2D eigenvalue weighted by Gasteiger charge is 2.15. The Labute approximate surface area is 158 Å². The van der Waals surface area contributed by atoms with Gasteiger partial charge in [-0.1, -0.05) is 23.7 Å². The van der Waals surface area contributed by atoms with Gasteiger partial charge in [0, 0.05) is 5.02 Å². The number of amides is 1. The van der Waals surface area contributed by atoms with Crippen molar-refractivity contribution in [2.75, 3.05) is 19.0 Å². The highest BCUT2D eigenvalue weighted by Crippen LogP contribution is 2.27. The lowest BCUT2D eigenvalue weighted by atomic mass is 10.3. The number of carbonyl (C=O) groups excluding carboxylic acids is 2. The quantitative estimate of drug-likeness (QED) is 0.649. The Morgan fingerprint density at radius 1 is 1.22 bits per heavy atom. The second-order valence-electron chi connectivity index (χ2n) is 5.48. The monoisotopic (exact) mass is 390 g/mol. The summed E-state index contributed by atoms with van der Waals surface area (Å²) in [5.74, 6) is -1.60. The van der Waals surface area contributed by atoms with Gasteiger partial charge in [0.05, 0.1) is 18.3 Å². The van der Waals surface area contributed by atoms with Crippen LogP contribution in [0.25, 0.3) is 11.1 Å². The number of fused-ring (bicyclic) bond motifs is 1. The molecule has 0 fully saturated rings.